The maximum Gasteiger partial charge on any atom is 0.240 e. The quantitative estimate of drug-likeness (QED) is 0.543. The van der Waals surface area contributed by atoms with Crippen molar-refractivity contribution in [2.45, 2.75) is 17.7 Å². The van der Waals surface area contributed by atoms with Gasteiger partial charge < -0.3 is 14.4 Å². The lowest BCUT2D eigenvalue weighted by molar-refractivity contribution is -0.117. The molecule has 7 nitrogen and oxygen atoms in total. The fourth-order valence-corrected chi connectivity index (χ4v) is 4.73. The summed E-state index contributed by atoms with van der Waals surface area (Å²) in [6.07, 6.45) is 1.19. The van der Waals surface area contributed by atoms with Gasteiger partial charge in [-0.25, -0.2) is 13.1 Å². The number of nitrogens with zero attached hydrogens (tertiary/aromatic N) is 1. The van der Waals surface area contributed by atoms with Crippen LogP contribution in [0.3, 0.4) is 0 Å². The van der Waals surface area contributed by atoms with Crippen LogP contribution in [0.1, 0.15) is 12.8 Å². The molecule has 3 aromatic carbocycles. The molecule has 0 unspecified atom stereocenters. The second kappa shape index (κ2) is 8.95. The molecule has 1 N–H and O–H groups in total. The van der Waals surface area contributed by atoms with Crippen LogP contribution in [-0.2, 0) is 14.8 Å². The number of rotatable bonds is 8. The topological polar surface area (TPSA) is 84.9 Å². The summed E-state index contributed by atoms with van der Waals surface area (Å²) in [6, 6.07) is 18.1. The van der Waals surface area contributed by atoms with Crippen molar-refractivity contribution >= 4 is 32.4 Å². The number of carbonyl (C=O) groups excluding carboxylic acids is 1. The SMILES string of the molecule is COc1ccc(S(=O)(=O)NCCOc2cccc3ccccc23)cc1N1CCCC1=O. The van der Waals surface area contributed by atoms with Gasteiger partial charge in [0.05, 0.1) is 17.7 Å². The monoisotopic (exact) mass is 440 g/mol. The Hall–Kier alpha value is -3.10. The Kier molecular flexibility index (Phi) is 6.11. The van der Waals surface area contributed by atoms with E-state index in [0.717, 1.165) is 17.2 Å². The van der Waals surface area contributed by atoms with E-state index in [2.05, 4.69) is 4.72 Å². The van der Waals surface area contributed by atoms with Crippen LogP contribution >= 0.6 is 0 Å². The molecule has 0 bridgehead atoms. The fourth-order valence-electron chi connectivity index (χ4n) is 3.69. The Bertz CT molecular complexity index is 1200. The molecule has 8 heteroatoms. The lowest BCUT2D eigenvalue weighted by atomic mass is 10.1. The van der Waals surface area contributed by atoms with E-state index in [1.807, 2.05) is 42.5 Å². The smallest absolute Gasteiger partial charge is 0.240 e. The Labute approximate surface area is 181 Å². The summed E-state index contributed by atoms with van der Waals surface area (Å²) in [4.78, 5) is 13.8. The van der Waals surface area contributed by atoms with Crippen LogP contribution < -0.4 is 19.1 Å². The predicted octanol–water partition coefficient (Wildman–Crippen LogP) is 3.33. The molecule has 0 atom stereocenters. The standard InChI is InChI=1S/C23H24N2O5S/c1-29-22-12-11-18(16-20(22)25-14-5-10-23(25)26)31(27,28)24-13-15-30-21-9-4-7-17-6-2-3-8-19(17)21/h2-4,6-9,11-12,16,24H,5,10,13-15H2,1H3. The van der Waals surface area contributed by atoms with Gasteiger partial charge in [0.1, 0.15) is 18.1 Å². The van der Waals surface area contributed by atoms with E-state index in [4.69, 9.17) is 9.47 Å². The minimum Gasteiger partial charge on any atom is -0.495 e. The van der Waals surface area contributed by atoms with E-state index in [0.29, 0.717) is 30.2 Å². The van der Waals surface area contributed by atoms with Crippen molar-refractivity contribution in [3.05, 3.63) is 60.7 Å². The molecule has 1 saturated heterocycles. The Morgan fingerprint density at radius 2 is 1.84 bits per heavy atom. The number of nitrogens with one attached hydrogen (secondary N) is 1. The molecule has 1 heterocycles. The number of benzene rings is 3. The highest BCUT2D eigenvalue weighted by molar-refractivity contribution is 7.89. The molecule has 31 heavy (non-hydrogen) atoms. The second-order valence-corrected chi connectivity index (χ2v) is 8.97. The van der Waals surface area contributed by atoms with Crippen molar-refractivity contribution in [3.63, 3.8) is 0 Å². The van der Waals surface area contributed by atoms with Crippen molar-refractivity contribution in [2.24, 2.45) is 0 Å². The summed E-state index contributed by atoms with van der Waals surface area (Å²) in [5.74, 6) is 1.13. The summed E-state index contributed by atoms with van der Waals surface area (Å²) in [7, 11) is -2.28. The summed E-state index contributed by atoms with van der Waals surface area (Å²) in [5.41, 5.74) is 0.472. The van der Waals surface area contributed by atoms with Gasteiger partial charge in [-0.05, 0) is 36.1 Å². The average molecular weight is 441 g/mol. The second-order valence-electron chi connectivity index (χ2n) is 7.21. The molecule has 0 radical (unpaired) electrons. The number of fused-ring (bicyclic) bond motifs is 1. The summed E-state index contributed by atoms with van der Waals surface area (Å²) >= 11 is 0. The lowest BCUT2D eigenvalue weighted by Gasteiger charge is -2.20. The molecule has 0 saturated carbocycles. The van der Waals surface area contributed by atoms with Gasteiger partial charge in [0.2, 0.25) is 15.9 Å². The zero-order valence-corrected chi connectivity index (χ0v) is 18.0. The predicted molar refractivity (Wildman–Crippen MR) is 119 cm³/mol. The van der Waals surface area contributed by atoms with E-state index >= 15 is 0 Å². The van der Waals surface area contributed by atoms with Gasteiger partial charge in [0.15, 0.2) is 0 Å². The molecule has 162 valence electrons. The minimum absolute atomic E-state index is 0.0377. The molecule has 4 rings (SSSR count). The van der Waals surface area contributed by atoms with Gasteiger partial charge in [-0.1, -0.05) is 36.4 Å². The van der Waals surface area contributed by atoms with Crippen LogP contribution in [0.4, 0.5) is 5.69 Å². The van der Waals surface area contributed by atoms with Crippen LogP contribution in [0.25, 0.3) is 10.8 Å². The summed E-state index contributed by atoms with van der Waals surface area (Å²) in [6.45, 7) is 0.835. The molecular weight excluding hydrogens is 416 g/mol. The normalized spacial score (nSPS) is 14.2. The number of hydrogen-bond donors (Lipinski definition) is 1. The van der Waals surface area contributed by atoms with Crippen LogP contribution in [-0.4, -0.2) is 41.1 Å². The number of anilines is 1. The molecular formula is C23H24N2O5S. The molecule has 1 aliphatic rings. The third-order valence-corrected chi connectivity index (χ3v) is 6.68. The minimum atomic E-state index is -3.78. The zero-order valence-electron chi connectivity index (χ0n) is 17.2. The van der Waals surface area contributed by atoms with Gasteiger partial charge in [-0.15, -0.1) is 0 Å². The highest BCUT2D eigenvalue weighted by Gasteiger charge is 2.26. The van der Waals surface area contributed by atoms with Crippen molar-refractivity contribution in [3.8, 4) is 11.5 Å². The van der Waals surface area contributed by atoms with Crippen LogP contribution in [0.5, 0.6) is 11.5 Å². The van der Waals surface area contributed by atoms with Crippen molar-refractivity contribution < 1.29 is 22.7 Å². The third-order valence-electron chi connectivity index (χ3n) is 5.23. The third kappa shape index (κ3) is 4.50. The summed E-state index contributed by atoms with van der Waals surface area (Å²) in [5, 5.41) is 2.03. The molecule has 1 amide bonds. The lowest BCUT2D eigenvalue weighted by Crippen LogP contribution is -2.29. The Balaban J connectivity index is 1.44. The Morgan fingerprint density at radius 3 is 2.61 bits per heavy atom. The fraction of sp³-hybridized carbons (Fsp3) is 0.261. The van der Waals surface area contributed by atoms with Gasteiger partial charge in [-0.3, -0.25) is 4.79 Å². The van der Waals surface area contributed by atoms with E-state index < -0.39 is 10.0 Å². The largest absolute Gasteiger partial charge is 0.495 e. The van der Waals surface area contributed by atoms with Crippen LogP contribution in [0, 0.1) is 0 Å². The molecule has 1 aliphatic heterocycles. The molecule has 1 fully saturated rings. The van der Waals surface area contributed by atoms with Gasteiger partial charge in [0, 0.05) is 24.9 Å². The maximum absolute atomic E-state index is 12.8. The first kappa shape index (κ1) is 21.1. The van der Waals surface area contributed by atoms with Crippen LogP contribution in [0.15, 0.2) is 65.6 Å². The first-order valence-electron chi connectivity index (χ1n) is 10.1. The molecule has 0 aliphatic carbocycles. The molecule has 0 spiro atoms. The van der Waals surface area contributed by atoms with Crippen LogP contribution in [0.2, 0.25) is 0 Å². The number of hydrogen-bond acceptors (Lipinski definition) is 5. The van der Waals surface area contributed by atoms with Crippen molar-refractivity contribution in [1.29, 1.82) is 0 Å². The first-order valence-corrected chi connectivity index (χ1v) is 11.6. The highest BCUT2D eigenvalue weighted by Crippen LogP contribution is 2.33. The number of amides is 1. The van der Waals surface area contributed by atoms with Crippen molar-refractivity contribution in [2.75, 3.05) is 31.7 Å². The highest BCUT2D eigenvalue weighted by atomic mass is 32.2. The first-order chi connectivity index (χ1) is 15.0. The number of sulfonamides is 1. The van der Waals surface area contributed by atoms with Gasteiger partial charge >= 0.3 is 0 Å². The van der Waals surface area contributed by atoms with E-state index in [1.54, 1.807) is 11.0 Å². The van der Waals surface area contributed by atoms with Gasteiger partial charge in [-0.2, -0.15) is 0 Å². The van der Waals surface area contributed by atoms with E-state index in [9.17, 15) is 13.2 Å². The molecule has 3 aromatic rings. The zero-order chi connectivity index (χ0) is 21.8. The van der Waals surface area contributed by atoms with Crippen molar-refractivity contribution in [1.82, 2.24) is 4.72 Å². The average Bonchev–Trinajstić information content (AvgIpc) is 3.22. The molecule has 0 aromatic heterocycles. The number of carbonyl (C=O) groups is 1. The maximum atomic E-state index is 12.8. The summed E-state index contributed by atoms with van der Waals surface area (Å²) < 4.78 is 39.3. The van der Waals surface area contributed by atoms with E-state index in [1.165, 1.54) is 19.2 Å². The van der Waals surface area contributed by atoms with Gasteiger partial charge in [0.25, 0.3) is 0 Å². The number of methoxy groups -OCH3 is 1. The van der Waals surface area contributed by atoms with E-state index in [-0.39, 0.29) is 24.0 Å². The number of ether oxygens (including phenoxy) is 2. The Morgan fingerprint density at radius 1 is 1.03 bits per heavy atom.